The molecule has 0 atom stereocenters. The Morgan fingerprint density at radius 3 is 2.79 bits per heavy atom. The number of hydrogen-bond acceptors (Lipinski definition) is 4. The second-order valence-corrected chi connectivity index (χ2v) is 4.74. The van der Waals surface area contributed by atoms with Gasteiger partial charge in [0.05, 0.1) is 24.4 Å². The van der Waals surface area contributed by atoms with Crippen LogP contribution in [0.15, 0.2) is 42.7 Å². The highest BCUT2D eigenvalue weighted by Crippen LogP contribution is 2.31. The minimum absolute atomic E-state index is 0.521. The van der Waals surface area contributed by atoms with Crippen molar-refractivity contribution in [3.05, 3.63) is 47.7 Å². The van der Waals surface area contributed by atoms with Gasteiger partial charge in [0.25, 0.3) is 0 Å². The summed E-state index contributed by atoms with van der Waals surface area (Å²) in [6.45, 7) is 0. The van der Waals surface area contributed by atoms with E-state index in [4.69, 9.17) is 15.8 Å². The van der Waals surface area contributed by atoms with Gasteiger partial charge in [0.1, 0.15) is 10.7 Å². The fourth-order valence-corrected chi connectivity index (χ4v) is 2.29. The number of benzene rings is 1. The van der Waals surface area contributed by atoms with Gasteiger partial charge in [-0.25, -0.2) is 9.50 Å². The van der Waals surface area contributed by atoms with Crippen LogP contribution in [-0.2, 0) is 0 Å². The summed E-state index contributed by atoms with van der Waals surface area (Å²) in [5.74, 6) is 0.658. The molecule has 2 heterocycles. The zero-order chi connectivity index (χ0) is 13.2. The van der Waals surface area contributed by atoms with Crippen molar-refractivity contribution in [1.29, 1.82) is 0 Å². The van der Waals surface area contributed by atoms with E-state index in [9.17, 15) is 0 Å². The van der Waals surface area contributed by atoms with Crippen molar-refractivity contribution in [1.82, 2.24) is 14.6 Å². The first-order valence-electron chi connectivity index (χ1n) is 5.59. The number of nitrogens with zero attached hydrogens (tertiary/aromatic N) is 3. The summed E-state index contributed by atoms with van der Waals surface area (Å²) in [6.07, 6.45) is 5.21. The monoisotopic (exact) mass is 291 g/mol. The summed E-state index contributed by atoms with van der Waals surface area (Å²) >= 11 is 7.33. The van der Waals surface area contributed by atoms with Gasteiger partial charge in [0.15, 0.2) is 11.4 Å². The number of aromatic nitrogens is 3. The van der Waals surface area contributed by atoms with Gasteiger partial charge in [-0.3, -0.25) is 0 Å². The second-order valence-electron chi connectivity index (χ2n) is 3.83. The Hall–Kier alpha value is -1.72. The van der Waals surface area contributed by atoms with Gasteiger partial charge in [0.2, 0.25) is 0 Å². The summed E-state index contributed by atoms with van der Waals surface area (Å²) in [5, 5.41) is 4.65. The predicted molar refractivity (Wildman–Crippen MR) is 77.6 cm³/mol. The Labute approximate surface area is 119 Å². The quantitative estimate of drug-likeness (QED) is 0.690. The molecular weight excluding hydrogens is 282 g/mol. The van der Waals surface area contributed by atoms with Crippen molar-refractivity contribution in [3.63, 3.8) is 0 Å². The molecule has 0 fully saturated rings. The summed E-state index contributed by atoms with van der Waals surface area (Å²) < 4.78 is 7.17. The van der Waals surface area contributed by atoms with E-state index in [0.29, 0.717) is 16.4 Å². The van der Waals surface area contributed by atoms with Crippen LogP contribution in [0.4, 0.5) is 0 Å². The SMILES string of the molecule is CSOc1cn2ncc(Cl)c2nc1-c1ccccc1. The topological polar surface area (TPSA) is 39.4 Å². The fourth-order valence-electron chi connectivity index (χ4n) is 1.82. The lowest BCUT2D eigenvalue weighted by Gasteiger charge is -2.08. The van der Waals surface area contributed by atoms with Crippen LogP contribution in [0, 0.1) is 0 Å². The van der Waals surface area contributed by atoms with Gasteiger partial charge >= 0.3 is 0 Å². The first-order chi connectivity index (χ1) is 9.29. The third-order valence-electron chi connectivity index (χ3n) is 2.64. The van der Waals surface area contributed by atoms with Gasteiger partial charge in [0, 0.05) is 11.8 Å². The molecule has 3 aromatic rings. The maximum Gasteiger partial charge on any atom is 0.181 e. The molecule has 2 aromatic heterocycles. The zero-order valence-corrected chi connectivity index (χ0v) is 11.6. The van der Waals surface area contributed by atoms with E-state index >= 15 is 0 Å². The Balaban J connectivity index is 2.25. The summed E-state index contributed by atoms with van der Waals surface area (Å²) in [5.41, 5.74) is 2.35. The van der Waals surface area contributed by atoms with E-state index in [1.54, 1.807) is 16.9 Å². The van der Waals surface area contributed by atoms with E-state index in [0.717, 1.165) is 11.3 Å². The molecule has 0 unspecified atom stereocenters. The Bertz CT molecular complexity index is 714. The van der Waals surface area contributed by atoms with Gasteiger partial charge in [-0.15, -0.1) is 0 Å². The van der Waals surface area contributed by atoms with E-state index in [-0.39, 0.29) is 0 Å². The van der Waals surface area contributed by atoms with Crippen molar-refractivity contribution in [2.45, 2.75) is 0 Å². The molecule has 1 aromatic carbocycles. The summed E-state index contributed by atoms with van der Waals surface area (Å²) in [6, 6.07) is 9.85. The predicted octanol–water partition coefficient (Wildman–Crippen LogP) is 3.71. The average molecular weight is 292 g/mol. The molecule has 3 rings (SSSR count). The van der Waals surface area contributed by atoms with Crippen LogP contribution in [0.3, 0.4) is 0 Å². The molecule has 0 spiro atoms. The summed E-state index contributed by atoms with van der Waals surface area (Å²) in [7, 11) is 0. The first-order valence-corrected chi connectivity index (χ1v) is 7.12. The average Bonchev–Trinajstić information content (AvgIpc) is 2.80. The molecule has 0 aliphatic rings. The number of hydrogen-bond donors (Lipinski definition) is 0. The molecular formula is C13H10ClN3OS. The lowest BCUT2D eigenvalue weighted by Crippen LogP contribution is -1.96. The second kappa shape index (κ2) is 5.11. The largest absolute Gasteiger partial charge is 0.422 e. The molecule has 4 nitrogen and oxygen atoms in total. The van der Waals surface area contributed by atoms with Crippen LogP contribution in [0.1, 0.15) is 0 Å². The Morgan fingerprint density at radius 2 is 2.05 bits per heavy atom. The lowest BCUT2D eigenvalue weighted by atomic mass is 10.1. The van der Waals surface area contributed by atoms with Crippen LogP contribution >= 0.6 is 23.6 Å². The minimum Gasteiger partial charge on any atom is -0.422 e. The molecule has 96 valence electrons. The third-order valence-corrected chi connectivity index (χ3v) is 3.25. The number of rotatable bonds is 3. The lowest BCUT2D eigenvalue weighted by molar-refractivity contribution is 0.638. The van der Waals surface area contributed by atoms with Crippen LogP contribution in [0.25, 0.3) is 16.9 Å². The van der Waals surface area contributed by atoms with E-state index in [2.05, 4.69) is 10.1 Å². The molecule has 0 amide bonds. The molecule has 0 radical (unpaired) electrons. The molecule has 0 saturated carbocycles. The van der Waals surface area contributed by atoms with Gasteiger partial charge in [-0.05, 0) is 0 Å². The minimum atomic E-state index is 0.521. The van der Waals surface area contributed by atoms with Crippen molar-refractivity contribution >= 4 is 29.3 Å². The summed E-state index contributed by atoms with van der Waals surface area (Å²) in [4.78, 5) is 4.55. The van der Waals surface area contributed by atoms with E-state index < -0.39 is 0 Å². The Kier molecular flexibility index (Phi) is 3.31. The highest BCUT2D eigenvalue weighted by atomic mass is 35.5. The standard InChI is InChI=1S/C13H10ClN3OS/c1-19-18-11-8-17-13(10(14)7-15-17)16-12(11)9-5-3-2-4-6-9/h2-8H,1H3. The van der Waals surface area contributed by atoms with Crippen LogP contribution < -0.4 is 4.18 Å². The van der Waals surface area contributed by atoms with Crippen molar-refractivity contribution < 1.29 is 4.18 Å². The molecule has 0 saturated heterocycles. The highest BCUT2D eigenvalue weighted by Gasteiger charge is 2.13. The van der Waals surface area contributed by atoms with Gasteiger partial charge in [-0.1, -0.05) is 41.9 Å². The molecule has 0 aliphatic carbocycles. The zero-order valence-electron chi connectivity index (χ0n) is 10.1. The van der Waals surface area contributed by atoms with E-state index in [1.807, 2.05) is 36.6 Å². The van der Waals surface area contributed by atoms with Crippen LogP contribution in [0.2, 0.25) is 5.02 Å². The van der Waals surface area contributed by atoms with Gasteiger partial charge < -0.3 is 4.18 Å². The Morgan fingerprint density at radius 1 is 1.26 bits per heavy atom. The number of halogens is 1. The van der Waals surface area contributed by atoms with Crippen molar-refractivity contribution in [2.24, 2.45) is 0 Å². The number of fused-ring (bicyclic) bond motifs is 1. The molecule has 0 bridgehead atoms. The maximum atomic E-state index is 6.07. The normalized spacial score (nSPS) is 10.8. The van der Waals surface area contributed by atoms with Crippen LogP contribution in [0.5, 0.6) is 5.75 Å². The van der Waals surface area contributed by atoms with Crippen molar-refractivity contribution in [2.75, 3.05) is 6.26 Å². The molecule has 19 heavy (non-hydrogen) atoms. The van der Waals surface area contributed by atoms with Crippen molar-refractivity contribution in [3.8, 4) is 17.0 Å². The molecule has 6 heteroatoms. The van der Waals surface area contributed by atoms with E-state index in [1.165, 1.54) is 12.0 Å². The van der Waals surface area contributed by atoms with Crippen LogP contribution in [-0.4, -0.2) is 20.9 Å². The molecule has 0 N–H and O–H groups in total. The first kappa shape index (κ1) is 12.3. The smallest absolute Gasteiger partial charge is 0.181 e. The third kappa shape index (κ3) is 2.27. The fraction of sp³-hybridized carbons (Fsp3) is 0.0769. The maximum absolute atomic E-state index is 6.07. The molecule has 0 aliphatic heterocycles. The highest BCUT2D eigenvalue weighted by molar-refractivity contribution is 7.94. The van der Waals surface area contributed by atoms with Gasteiger partial charge in [-0.2, -0.15) is 5.10 Å².